The summed E-state index contributed by atoms with van der Waals surface area (Å²) >= 11 is 12.1. The predicted octanol–water partition coefficient (Wildman–Crippen LogP) is 7.01. The number of carbonyl (C=O) groups is 1. The minimum absolute atomic E-state index is 0.337. The summed E-state index contributed by atoms with van der Waals surface area (Å²) in [5.41, 5.74) is 1.26. The minimum Gasteiger partial charge on any atom is -0.418 e. The van der Waals surface area contributed by atoms with Crippen LogP contribution in [0.4, 0.5) is 27.7 Å². The van der Waals surface area contributed by atoms with Gasteiger partial charge in [-0.15, -0.1) is 0 Å². The van der Waals surface area contributed by atoms with Crippen LogP contribution in [0.25, 0.3) is 0 Å². The van der Waals surface area contributed by atoms with Gasteiger partial charge in [-0.05, 0) is 17.2 Å². The van der Waals surface area contributed by atoms with E-state index >= 15 is 0 Å². The van der Waals surface area contributed by atoms with Crippen LogP contribution in [0.2, 0.25) is 10.0 Å². The van der Waals surface area contributed by atoms with E-state index < -0.39 is 12.9 Å². The number of nitrogens with zero attached hydrogens (tertiary/aromatic N) is 2. The number of hydrogen-bond acceptors (Lipinski definition) is 2. The lowest BCUT2D eigenvalue weighted by atomic mass is 9.92. The maximum Gasteiger partial charge on any atom is 0.673 e. The van der Waals surface area contributed by atoms with Gasteiger partial charge in [-0.1, -0.05) is 88.6 Å². The largest absolute Gasteiger partial charge is 0.673 e. The highest BCUT2D eigenvalue weighted by molar-refractivity contribution is 6.50. The summed E-state index contributed by atoms with van der Waals surface area (Å²) in [5, 5.41) is 8.57. The van der Waals surface area contributed by atoms with E-state index in [-0.39, 0.29) is 6.03 Å². The van der Waals surface area contributed by atoms with Gasteiger partial charge in [0.25, 0.3) is 5.66 Å². The SMILES string of the molecule is F[B-](F)(F)F.O=C1NC(c2ccccc2)(c2ccccc2)N=[N+]1c1ccc(Cl)c(Cl)c1. The van der Waals surface area contributed by atoms with Gasteiger partial charge in [-0.2, -0.15) is 10.1 Å². The number of benzene rings is 3. The van der Waals surface area contributed by atoms with Gasteiger partial charge >= 0.3 is 13.3 Å². The Bertz CT molecular complexity index is 1070. The van der Waals surface area contributed by atoms with E-state index in [4.69, 9.17) is 28.3 Å². The molecule has 0 unspecified atom stereocenters. The van der Waals surface area contributed by atoms with Gasteiger partial charge in [-0.3, -0.25) is 0 Å². The van der Waals surface area contributed by atoms with Gasteiger partial charge in [0, 0.05) is 17.2 Å². The Hall–Kier alpha value is -2.91. The lowest BCUT2D eigenvalue weighted by molar-refractivity contribution is -0.403. The number of azo groups is 2. The van der Waals surface area contributed by atoms with Crippen LogP contribution in [-0.4, -0.2) is 18.0 Å². The summed E-state index contributed by atoms with van der Waals surface area (Å²) in [5.74, 6) is 0. The van der Waals surface area contributed by atoms with E-state index in [1.807, 2.05) is 60.7 Å². The number of hydrogen-bond donors (Lipinski definition) is 1. The molecule has 0 radical (unpaired) electrons. The quantitative estimate of drug-likeness (QED) is 0.250. The molecule has 1 N–H and O–H groups in total. The highest BCUT2D eigenvalue weighted by Crippen LogP contribution is 2.37. The monoisotopic (exact) mass is 469 g/mol. The summed E-state index contributed by atoms with van der Waals surface area (Å²) in [4.78, 5) is 12.8. The molecule has 1 heterocycles. The molecule has 1 aliphatic heterocycles. The molecule has 2 amide bonds. The molecule has 160 valence electrons. The topological polar surface area (TPSA) is 44.5 Å². The third-order valence-electron chi connectivity index (χ3n) is 4.26. The standard InChI is InChI=1S/C20H13Cl2N3O.BF4/c21-17-12-11-16(13-18(17)22)25-19(26)23-20(24-25,14-7-3-1-4-8-14)15-9-5-2-6-10-15;2-1(3,4)5/h1-13H;/q;-1/p+1. The van der Waals surface area contributed by atoms with Crippen LogP contribution in [0.15, 0.2) is 84.0 Å². The Kier molecular flexibility index (Phi) is 6.67. The summed E-state index contributed by atoms with van der Waals surface area (Å²) in [6.45, 7) is 0. The third-order valence-corrected chi connectivity index (χ3v) is 5.00. The number of carbonyl (C=O) groups excluding carboxylic acids is 1. The van der Waals surface area contributed by atoms with E-state index in [2.05, 4.69) is 5.32 Å². The number of nitrogens with one attached hydrogen (secondary N) is 1. The molecule has 0 bridgehead atoms. The fraction of sp³-hybridized carbons (Fsp3) is 0.0500. The zero-order valence-corrected chi connectivity index (χ0v) is 17.2. The smallest absolute Gasteiger partial charge is 0.418 e. The van der Waals surface area contributed by atoms with Crippen LogP contribution in [0.3, 0.4) is 0 Å². The van der Waals surface area contributed by atoms with Crippen LogP contribution < -0.4 is 5.32 Å². The summed E-state index contributed by atoms with van der Waals surface area (Å²) in [6, 6.07) is 23.9. The van der Waals surface area contributed by atoms with Crippen LogP contribution >= 0.6 is 23.2 Å². The molecule has 0 aliphatic carbocycles. The zero-order valence-electron chi connectivity index (χ0n) is 15.7. The Morgan fingerprint density at radius 2 is 1.29 bits per heavy atom. The second kappa shape index (κ2) is 9.07. The van der Waals surface area contributed by atoms with E-state index in [0.29, 0.717) is 15.7 Å². The number of amides is 2. The molecule has 3 aromatic carbocycles. The first-order chi connectivity index (χ1) is 14.6. The maximum atomic E-state index is 12.8. The van der Waals surface area contributed by atoms with Gasteiger partial charge in [0.2, 0.25) is 0 Å². The normalized spacial score (nSPS) is 14.9. The van der Waals surface area contributed by atoms with Crippen LogP contribution in [0.1, 0.15) is 11.1 Å². The van der Waals surface area contributed by atoms with Gasteiger partial charge in [0.1, 0.15) is 0 Å². The molecule has 0 aromatic heterocycles. The molecule has 11 heteroatoms. The second-order valence-electron chi connectivity index (χ2n) is 6.38. The van der Waals surface area contributed by atoms with Gasteiger partial charge in [0.15, 0.2) is 5.69 Å². The average Bonchev–Trinajstić information content (AvgIpc) is 3.09. The summed E-state index contributed by atoms with van der Waals surface area (Å²) in [6.07, 6.45) is 0. The fourth-order valence-electron chi connectivity index (χ4n) is 3.01. The molecule has 1 aliphatic rings. The first-order valence-electron chi connectivity index (χ1n) is 8.89. The first kappa shape index (κ1) is 22.8. The Balaban J connectivity index is 0.000000491. The van der Waals surface area contributed by atoms with Gasteiger partial charge < -0.3 is 17.3 Å². The van der Waals surface area contributed by atoms with Crippen LogP contribution in [0, 0.1) is 0 Å². The second-order valence-corrected chi connectivity index (χ2v) is 7.19. The minimum atomic E-state index is -6.00. The number of urea groups is 1. The molecular weight excluding hydrogens is 456 g/mol. The summed E-state index contributed by atoms with van der Waals surface area (Å²) in [7, 11) is -6.00. The van der Waals surface area contributed by atoms with Crippen molar-refractivity contribution in [2.24, 2.45) is 5.11 Å². The fourth-order valence-corrected chi connectivity index (χ4v) is 3.30. The van der Waals surface area contributed by atoms with Crippen molar-refractivity contribution in [2.45, 2.75) is 5.66 Å². The van der Waals surface area contributed by atoms with Crippen LogP contribution in [-0.2, 0) is 5.66 Å². The highest BCUT2D eigenvalue weighted by Gasteiger charge is 2.51. The molecule has 0 saturated heterocycles. The zero-order chi connectivity index (χ0) is 22.6. The van der Waals surface area contributed by atoms with Crippen LogP contribution in [0.5, 0.6) is 0 Å². The van der Waals surface area contributed by atoms with E-state index in [9.17, 15) is 22.1 Å². The van der Waals surface area contributed by atoms with Crippen molar-refractivity contribution in [3.8, 4) is 0 Å². The van der Waals surface area contributed by atoms with Crippen molar-refractivity contribution in [3.05, 3.63) is 100 Å². The lowest BCUT2D eigenvalue weighted by Crippen LogP contribution is -2.40. The molecule has 0 saturated carbocycles. The van der Waals surface area contributed by atoms with Crippen molar-refractivity contribution in [2.75, 3.05) is 0 Å². The molecular formula is C20H14BCl2F4N3O. The molecule has 3 aromatic rings. The Morgan fingerprint density at radius 3 is 1.74 bits per heavy atom. The molecule has 0 atom stereocenters. The number of halogens is 6. The Labute approximate surface area is 185 Å². The van der Waals surface area contributed by atoms with Crippen molar-refractivity contribution < 1.29 is 26.8 Å². The number of rotatable bonds is 3. The maximum absolute atomic E-state index is 12.8. The first-order valence-corrected chi connectivity index (χ1v) is 9.64. The van der Waals surface area contributed by atoms with E-state index in [0.717, 1.165) is 11.1 Å². The molecule has 0 spiro atoms. The highest BCUT2D eigenvalue weighted by atomic mass is 35.5. The third kappa shape index (κ3) is 5.42. The van der Waals surface area contributed by atoms with Gasteiger partial charge in [-0.25, -0.2) is 0 Å². The van der Waals surface area contributed by atoms with Crippen molar-refractivity contribution in [1.29, 1.82) is 0 Å². The molecule has 4 rings (SSSR count). The van der Waals surface area contributed by atoms with Crippen molar-refractivity contribution in [1.82, 2.24) is 5.32 Å². The summed E-state index contributed by atoms with van der Waals surface area (Å²) < 4.78 is 40.3. The molecule has 4 nitrogen and oxygen atoms in total. The molecule has 31 heavy (non-hydrogen) atoms. The van der Waals surface area contributed by atoms with Gasteiger partial charge in [0.05, 0.1) is 10.0 Å². The Morgan fingerprint density at radius 1 is 0.806 bits per heavy atom. The van der Waals surface area contributed by atoms with E-state index in [1.165, 1.54) is 4.70 Å². The average molecular weight is 470 g/mol. The molecule has 0 fully saturated rings. The van der Waals surface area contributed by atoms with Crippen molar-refractivity contribution >= 4 is 42.2 Å². The van der Waals surface area contributed by atoms with E-state index in [1.54, 1.807) is 18.2 Å². The lowest BCUT2D eigenvalue weighted by Gasteiger charge is -2.20. The predicted molar refractivity (Wildman–Crippen MR) is 111 cm³/mol. The van der Waals surface area contributed by atoms with Crippen molar-refractivity contribution in [3.63, 3.8) is 0 Å².